The predicted molar refractivity (Wildman–Crippen MR) is 87.0 cm³/mol. The Hall–Kier alpha value is -0.863. The van der Waals surface area contributed by atoms with Crippen LogP contribution in [0.3, 0.4) is 0 Å². The number of rotatable bonds is 4. The second-order valence-corrected chi connectivity index (χ2v) is 5.74. The van der Waals surface area contributed by atoms with E-state index in [1.807, 2.05) is 43.3 Å². The van der Waals surface area contributed by atoms with Crippen LogP contribution in [0.4, 0.5) is 0 Å². The van der Waals surface area contributed by atoms with Gasteiger partial charge in [0.1, 0.15) is 0 Å². The van der Waals surface area contributed by atoms with Crippen molar-refractivity contribution in [2.75, 3.05) is 6.16 Å². The molecule has 0 aromatic heterocycles. The van der Waals surface area contributed by atoms with Crippen LogP contribution >= 0.6 is 8.58 Å². The zero-order chi connectivity index (χ0) is 13.0. The van der Waals surface area contributed by atoms with Crippen LogP contribution in [0.15, 0.2) is 48.5 Å². The van der Waals surface area contributed by atoms with Crippen molar-refractivity contribution >= 4 is 33.0 Å². The molecule has 1 nitrogen and oxygen atoms in total. The molecule has 2 aromatic carbocycles. The summed E-state index contributed by atoms with van der Waals surface area (Å²) < 4.78 is 0. The molecule has 0 amide bonds. The number of carbonyl (C=O) groups is 1. The third kappa shape index (κ3) is 3.80. The van der Waals surface area contributed by atoms with E-state index in [9.17, 15) is 4.79 Å². The summed E-state index contributed by atoms with van der Waals surface area (Å²) in [6, 6.07) is 16.2. The van der Waals surface area contributed by atoms with E-state index in [1.165, 1.54) is 0 Å². The fourth-order valence-electron chi connectivity index (χ4n) is 2.08. The number of aryl methyl sites for hydroxylation is 1. The van der Waals surface area contributed by atoms with Crippen molar-refractivity contribution in [2.24, 2.45) is 0 Å². The molecule has 2 aromatic rings. The summed E-state index contributed by atoms with van der Waals surface area (Å²) in [6.07, 6.45) is 0.918. The van der Waals surface area contributed by atoms with Crippen LogP contribution in [0.1, 0.15) is 22.8 Å². The van der Waals surface area contributed by atoms with E-state index in [0.29, 0.717) is 8.58 Å². The number of hydrogen-bond acceptors (Lipinski definition) is 1. The minimum absolute atomic E-state index is 0. The van der Waals surface area contributed by atoms with Crippen LogP contribution in [0.25, 0.3) is 11.1 Å². The summed E-state index contributed by atoms with van der Waals surface area (Å²) in [5, 5.41) is 0. The van der Waals surface area contributed by atoms with Gasteiger partial charge in [0.2, 0.25) is 0 Å². The fourth-order valence-corrected chi connectivity index (χ4v) is 2.91. The Kier molecular flexibility index (Phi) is 6.53. The summed E-state index contributed by atoms with van der Waals surface area (Å²) in [7, 11) is 0.365. The van der Waals surface area contributed by atoms with Crippen LogP contribution in [0, 0.1) is 6.92 Å². The molecule has 0 saturated carbocycles. The first-order valence-corrected chi connectivity index (χ1v) is 7.38. The quantitative estimate of drug-likeness (QED) is 0.605. The first kappa shape index (κ1) is 16.2. The zero-order valence-electron chi connectivity index (χ0n) is 10.7. The Morgan fingerprint density at radius 2 is 1.74 bits per heavy atom. The van der Waals surface area contributed by atoms with Gasteiger partial charge in [0.25, 0.3) is 0 Å². The van der Waals surface area contributed by atoms with Gasteiger partial charge in [-0.05, 0) is 38.4 Å². The standard InChI is InChI=1S/C16H17OP.Li.H/c1-3-18-16(17)15-12(2)8-7-11-14(15)13-9-5-4-6-10-13;;/h4-11,18H,3H2,1-2H3;;. The number of carbonyl (C=O) groups excluding carboxylic acids is 1. The van der Waals surface area contributed by atoms with E-state index in [1.54, 1.807) is 0 Å². The van der Waals surface area contributed by atoms with E-state index in [4.69, 9.17) is 0 Å². The average Bonchev–Trinajstić information content (AvgIpc) is 2.39. The fraction of sp³-hybridized carbons (Fsp3) is 0.188. The van der Waals surface area contributed by atoms with Crippen molar-refractivity contribution in [1.29, 1.82) is 0 Å². The molecule has 0 aliphatic carbocycles. The van der Waals surface area contributed by atoms with Gasteiger partial charge in [-0.1, -0.05) is 55.5 Å². The Morgan fingerprint density at radius 3 is 2.37 bits per heavy atom. The molecule has 0 radical (unpaired) electrons. The minimum atomic E-state index is 0. The van der Waals surface area contributed by atoms with Crippen LogP contribution in [0.5, 0.6) is 0 Å². The first-order valence-electron chi connectivity index (χ1n) is 6.17. The van der Waals surface area contributed by atoms with Gasteiger partial charge in [-0.2, -0.15) is 0 Å². The van der Waals surface area contributed by atoms with Gasteiger partial charge in [-0.3, -0.25) is 4.79 Å². The molecule has 0 aliphatic heterocycles. The van der Waals surface area contributed by atoms with Crippen molar-refractivity contribution < 1.29 is 4.79 Å². The second kappa shape index (κ2) is 7.66. The number of hydrogen-bond donors (Lipinski definition) is 0. The van der Waals surface area contributed by atoms with Gasteiger partial charge in [0, 0.05) is 5.56 Å². The SMILES string of the molecule is CCPC(=O)c1c(C)cccc1-c1ccccc1.[LiH]. The molecular formula is C16H18LiOP. The van der Waals surface area contributed by atoms with E-state index >= 15 is 0 Å². The van der Waals surface area contributed by atoms with Crippen molar-refractivity contribution in [1.82, 2.24) is 0 Å². The summed E-state index contributed by atoms with van der Waals surface area (Å²) in [4.78, 5) is 12.3. The zero-order valence-corrected chi connectivity index (χ0v) is 11.7. The van der Waals surface area contributed by atoms with Gasteiger partial charge < -0.3 is 0 Å². The molecule has 0 N–H and O–H groups in total. The first-order chi connectivity index (χ1) is 8.74. The summed E-state index contributed by atoms with van der Waals surface area (Å²) in [6.45, 7) is 4.07. The van der Waals surface area contributed by atoms with Crippen LogP contribution < -0.4 is 0 Å². The van der Waals surface area contributed by atoms with Crippen molar-refractivity contribution in [3.05, 3.63) is 59.7 Å². The van der Waals surface area contributed by atoms with Crippen LogP contribution in [-0.2, 0) is 0 Å². The van der Waals surface area contributed by atoms with Crippen molar-refractivity contribution in [3.63, 3.8) is 0 Å². The van der Waals surface area contributed by atoms with Crippen molar-refractivity contribution in [3.8, 4) is 11.1 Å². The van der Waals surface area contributed by atoms with Crippen molar-refractivity contribution in [2.45, 2.75) is 13.8 Å². The Labute approximate surface area is 128 Å². The molecule has 1 unspecified atom stereocenters. The van der Waals surface area contributed by atoms with Gasteiger partial charge in [0.15, 0.2) is 5.52 Å². The third-order valence-corrected chi connectivity index (χ3v) is 3.85. The topological polar surface area (TPSA) is 17.1 Å². The molecule has 0 fully saturated rings. The van der Waals surface area contributed by atoms with Gasteiger partial charge in [0.05, 0.1) is 0 Å². The molecule has 0 saturated heterocycles. The molecule has 0 heterocycles. The van der Waals surface area contributed by atoms with Gasteiger partial charge in [-0.15, -0.1) is 0 Å². The number of benzene rings is 2. The molecule has 2 rings (SSSR count). The molecule has 0 bridgehead atoms. The van der Waals surface area contributed by atoms with E-state index in [-0.39, 0.29) is 24.4 Å². The molecule has 0 spiro atoms. The van der Waals surface area contributed by atoms with E-state index in [2.05, 4.69) is 19.1 Å². The molecule has 0 aliphatic rings. The summed E-state index contributed by atoms with van der Waals surface area (Å²) in [5.41, 5.74) is 4.41. The Balaban J connectivity index is 0.00000180. The maximum atomic E-state index is 12.3. The Bertz CT molecular complexity index is 552. The average molecular weight is 264 g/mol. The molecule has 94 valence electrons. The second-order valence-electron chi connectivity index (χ2n) is 4.22. The molecule has 1 atom stereocenters. The Morgan fingerprint density at radius 1 is 1.05 bits per heavy atom. The van der Waals surface area contributed by atoms with E-state index in [0.717, 1.165) is 28.4 Å². The molecule has 19 heavy (non-hydrogen) atoms. The summed E-state index contributed by atoms with van der Waals surface area (Å²) in [5.74, 6) is 0. The third-order valence-electron chi connectivity index (χ3n) is 2.92. The van der Waals surface area contributed by atoms with Gasteiger partial charge >= 0.3 is 18.9 Å². The van der Waals surface area contributed by atoms with E-state index < -0.39 is 0 Å². The molecule has 3 heteroatoms. The maximum absolute atomic E-state index is 12.3. The molecular weight excluding hydrogens is 246 g/mol. The summed E-state index contributed by atoms with van der Waals surface area (Å²) >= 11 is 0. The normalized spacial score (nSPS) is 10.4. The predicted octanol–water partition coefficient (Wildman–Crippen LogP) is 3.85. The monoisotopic (exact) mass is 264 g/mol. The van der Waals surface area contributed by atoms with Gasteiger partial charge in [-0.25, -0.2) is 0 Å². The van der Waals surface area contributed by atoms with Crippen LogP contribution in [-0.4, -0.2) is 30.5 Å². The van der Waals surface area contributed by atoms with Crippen LogP contribution in [0.2, 0.25) is 0 Å².